The Morgan fingerprint density at radius 1 is 0.925 bits per heavy atom. The molecule has 0 N–H and O–H groups in total. The van der Waals surface area contributed by atoms with Crippen molar-refractivity contribution in [1.29, 1.82) is 0 Å². The largest absolute Gasteiger partial charge is 0.468 e. The van der Waals surface area contributed by atoms with E-state index in [4.69, 9.17) is 9.72 Å². The highest BCUT2D eigenvalue weighted by atomic mass is 16.5. The van der Waals surface area contributed by atoms with Crippen molar-refractivity contribution in [3.63, 3.8) is 0 Å². The number of benzene rings is 1. The molecule has 2 aliphatic heterocycles. The van der Waals surface area contributed by atoms with Crippen molar-refractivity contribution in [2.24, 2.45) is 17.8 Å². The number of esters is 1. The van der Waals surface area contributed by atoms with Crippen LogP contribution in [0.5, 0.6) is 0 Å². The molecule has 4 saturated carbocycles. The fraction of sp³-hybridized carbons (Fsp3) is 0.562. The maximum absolute atomic E-state index is 14.3. The van der Waals surface area contributed by atoms with Gasteiger partial charge in [0.1, 0.15) is 12.2 Å². The molecule has 4 heterocycles. The first-order valence-corrected chi connectivity index (χ1v) is 15.0. The molecule has 3 aromatic rings. The summed E-state index contributed by atoms with van der Waals surface area (Å²) in [4.78, 5) is 47.3. The topological polar surface area (TPSA) is 86.4 Å². The molecule has 1 aromatic carbocycles. The van der Waals surface area contributed by atoms with E-state index in [0.29, 0.717) is 23.1 Å². The van der Waals surface area contributed by atoms with E-state index in [2.05, 4.69) is 4.90 Å². The summed E-state index contributed by atoms with van der Waals surface area (Å²) in [6, 6.07) is 12.2. The van der Waals surface area contributed by atoms with Crippen LogP contribution >= 0.6 is 0 Å². The zero-order valence-electron chi connectivity index (χ0n) is 23.0. The third-order valence-electron chi connectivity index (χ3n) is 11.1. The normalized spacial score (nSPS) is 34.1. The monoisotopic (exact) mass is 540 g/mol. The summed E-state index contributed by atoms with van der Waals surface area (Å²) >= 11 is 0. The third kappa shape index (κ3) is 3.47. The minimum atomic E-state index is -0.520. The number of carbonyl (C=O) groups is 1. The van der Waals surface area contributed by atoms with Gasteiger partial charge in [-0.1, -0.05) is 12.1 Å². The van der Waals surface area contributed by atoms with E-state index in [1.54, 1.807) is 18.3 Å². The van der Waals surface area contributed by atoms with Crippen molar-refractivity contribution in [1.82, 2.24) is 19.0 Å². The molecule has 4 aliphatic carbocycles. The molecule has 0 amide bonds. The lowest BCUT2D eigenvalue weighted by atomic mass is 9.78. The Balaban J connectivity index is 1.19. The molecular formula is C32H36N4O4. The van der Waals surface area contributed by atoms with E-state index in [-0.39, 0.29) is 29.4 Å². The second-order valence-electron chi connectivity index (χ2n) is 13.1. The quantitative estimate of drug-likeness (QED) is 0.452. The molecule has 6 bridgehead atoms. The number of nitrogens with zero attached hydrogens (tertiary/aromatic N) is 4. The van der Waals surface area contributed by atoms with Crippen LogP contribution in [0, 0.1) is 17.8 Å². The first-order chi connectivity index (χ1) is 19.4. The summed E-state index contributed by atoms with van der Waals surface area (Å²) < 4.78 is 7.99. The summed E-state index contributed by atoms with van der Waals surface area (Å²) in [7, 11) is 1.29. The zero-order chi connectivity index (χ0) is 27.2. The van der Waals surface area contributed by atoms with Crippen molar-refractivity contribution in [3.05, 3.63) is 63.3 Å². The second kappa shape index (κ2) is 8.87. The van der Waals surface area contributed by atoms with E-state index >= 15 is 0 Å². The van der Waals surface area contributed by atoms with Crippen LogP contribution in [0.2, 0.25) is 0 Å². The third-order valence-corrected chi connectivity index (χ3v) is 11.1. The second-order valence-corrected chi connectivity index (χ2v) is 13.1. The van der Waals surface area contributed by atoms with Gasteiger partial charge in [-0.05, 0) is 99.8 Å². The molecule has 8 nitrogen and oxygen atoms in total. The Bertz CT molecular complexity index is 1610. The number of piperidine rings is 1. The molecule has 0 spiro atoms. The van der Waals surface area contributed by atoms with Gasteiger partial charge in [-0.25, -0.2) is 4.98 Å². The van der Waals surface area contributed by atoms with Crippen LogP contribution in [0.4, 0.5) is 0 Å². The molecule has 7 atom stereocenters. The minimum absolute atomic E-state index is 0.0705. The van der Waals surface area contributed by atoms with Gasteiger partial charge in [-0.2, -0.15) is 0 Å². The molecule has 9 rings (SSSR count). The summed E-state index contributed by atoms with van der Waals surface area (Å²) in [5.41, 5.74) is 1.69. The molecule has 3 unspecified atom stereocenters. The molecule has 6 aliphatic rings. The number of pyridine rings is 1. The number of hydrogen-bond donors (Lipinski definition) is 0. The summed E-state index contributed by atoms with van der Waals surface area (Å²) in [5.74, 6) is 2.21. The lowest BCUT2D eigenvalue weighted by molar-refractivity contribution is -0.141. The Hall–Kier alpha value is -3.26. The van der Waals surface area contributed by atoms with E-state index in [0.717, 1.165) is 36.1 Å². The maximum Gasteiger partial charge on any atom is 0.325 e. The number of aromatic nitrogens is 3. The Kier molecular flexibility index (Phi) is 5.44. The number of carbonyl (C=O) groups excluding carboxylic acids is 1. The van der Waals surface area contributed by atoms with Crippen LogP contribution in [0.15, 0.2) is 52.2 Å². The van der Waals surface area contributed by atoms with E-state index in [9.17, 15) is 14.4 Å². The van der Waals surface area contributed by atoms with Gasteiger partial charge >= 0.3 is 5.97 Å². The Morgan fingerprint density at radius 3 is 2.38 bits per heavy atom. The molecule has 208 valence electrons. The number of methoxy groups -OCH3 is 1. The van der Waals surface area contributed by atoms with Crippen molar-refractivity contribution in [2.75, 3.05) is 7.11 Å². The number of rotatable bonds is 5. The number of hydrogen-bond acceptors (Lipinski definition) is 6. The maximum atomic E-state index is 14.3. The van der Waals surface area contributed by atoms with Crippen LogP contribution in [0.1, 0.15) is 63.8 Å². The summed E-state index contributed by atoms with van der Waals surface area (Å²) in [6.07, 6.45) is 13.0. The molecule has 40 heavy (non-hydrogen) atoms. The van der Waals surface area contributed by atoms with Crippen molar-refractivity contribution < 1.29 is 9.53 Å². The smallest absolute Gasteiger partial charge is 0.325 e. The fourth-order valence-corrected chi connectivity index (χ4v) is 10.00. The van der Waals surface area contributed by atoms with Gasteiger partial charge in [0.2, 0.25) is 0 Å². The zero-order valence-corrected chi connectivity index (χ0v) is 23.0. The summed E-state index contributed by atoms with van der Waals surface area (Å²) in [6.45, 7) is -0.211. The molecule has 8 heteroatoms. The highest BCUT2D eigenvalue weighted by molar-refractivity contribution is 5.78. The van der Waals surface area contributed by atoms with Gasteiger partial charge in [-0.15, -0.1) is 0 Å². The average molecular weight is 541 g/mol. The van der Waals surface area contributed by atoms with Gasteiger partial charge in [0.15, 0.2) is 0 Å². The van der Waals surface area contributed by atoms with Gasteiger partial charge in [0.05, 0.1) is 23.7 Å². The lowest BCUT2D eigenvalue weighted by Gasteiger charge is -2.52. The lowest BCUT2D eigenvalue weighted by Crippen LogP contribution is -2.58. The SMILES string of the molecule is COC(=O)Cn1cccc(-c2nc3ccccc3n(C3C[C@H]4CC[C@@H](C3)N4C34C[C@@H]5CC3C[C@@H](C5)C4)c2=O)c1=O. The van der Waals surface area contributed by atoms with Crippen LogP contribution < -0.4 is 11.1 Å². The number of fused-ring (bicyclic) bond motifs is 3. The predicted molar refractivity (Wildman–Crippen MR) is 151 cm³/mol. The van der Waals surface area contributed by atoms with Crippen molar-refractivity contribution >= 4 is 17.0 Å². The van der Waals surface area contributed by atoms with Crippen LogP contribution in [-0.2, 0) is 16.1 Å². The van der Waals surface area contributed by atoms with E-state index in [1.165, 1.54) is 56.6 Å². The fourth-order valence-electron chi connectivity index (χ4n) is 10.00. The van der Waals surface area contributed by atoms with Gasteiger partial charge < -0.3 is 13.9 Å². The highest BCUT2D eigenvalue weighted by Crippen LogP contribution is 2.65. The Morgan fingerprint density at radius 2 is 1.65 bits per heavy atom. The molecule has 2 saturated heterocycles. The summed E-state index contributed by atoms with van der Waals surface area (Å²) in [5, 5.41) is 0. The average Bonchev–Trinajstić information content (AvgIpc) is 3.48. The van der Waals surface area contributed by atoms with E-state index in [1.807, 2.05) is 28.8 Å². The molecule has 6 fully saturated rings. The standard InChI is InChI=1S/C32H36N4O4/c1-40-28(37)18-34-10-4-5-25(30(34)38)29-31(39)35(27-7-3-2-6-26(27)33-29)24-14-22-8-9-23(15-24)36(22)32-16-19-11-20(17-32)13-21(32)12-19/h2-7,10,19-24H,8-9,11-18H2,1H3/t19-,20+,21?,22-,23+,24?,32?. The van der Waals surface area contributed by atoms with Gasteiger partial charge in [-0.3, -0.25) is 19.3 Å². The van der Waals surface area contributed by atoms with Crippen LogP contribution in [0.25, 0.3) is 22.3 Å². The molecule has 0 radical (unpaired) electrons. The van der Waals surface area contributed by atoms with Crippen molar-refractivity contribution in [2.45, 2.75) is 88.0 Å². The predicted octanol–water partition coefficient (Wildman–Crippen LogP) is 4.14. The highest BCUT2D eigenvalue weighted by Gasteiger charge is 2.64. The number of ether oxygens (including phenoxy) is 1. The van der Waals surface area contributed by atoms with Crippen LogP contribution in [-0.4, -0.2) is 49.7 Å². The first-order valence-electron chi connectivity index (χ1n) is 15.0. The van der Waals surface area contributed by atoms with Crippen LogP contribution in [0.3, 0.4) is 0 Å². The first kappa shape index (κ1) is 24.5. The van der Waals surface area contributed by atoms with E-state index < -0.39 is 11.5 Å². The molecular weight excluding hydrogens is 504 g/mol. The minimum Gasteiger partial charge on any atom is -0.468 e. The Labute approximate surface area is 233 Å². The van der Waals surface area contributed by atoms with Gasteiger partial charge in [0, 0.05) is 29.9 Å². The van der Waals surface area contributed by atoms with Gasteiger partial charge in [0.25, 0.3) is 11.1 Å². The number of para-hydroxylation sites is 2. The molecule has 2 aromatic heterocycles. The van der Waals surface area contributed by atoms with Crippen molar-refractivity contribution in [3.8, 4) is 11.3 Å².